The van der Waals surface area contributed by atoms with Crippen LogP contribution in [-0.4, -0.2) is 8.75 Å². The molecule has 0 amide bonds. The van der Waals surface area contributed by atoms with Crippen LogP contribution in [0.15, 0.2) is 0 Å². The van der Waals surface area contributed by atoms with Crippen LogP contribution in [0.2, 0.25) is 0 Å². The molecule has 124 valence electrons. The van der Waals surface area contributed by atoms with Crippen LogP contribution in [0.4, 0.5) is 0 Å². The number of nitrogens with zero attached hydrogens (tertiary/aromatic N) is 2. The van der Waals surface area contributed by atoms with Gasteiger partial charge in [0, 0.05) is 15.2 Å². The van der Waals surface area contributed by atoms with Crippen LogP contribution < -0.4 is 0 Å². The highest BCUT2D eigenvalue weighted by Gasteiger charge is 2.20. The number of rotatable bonds is 0. The molecule has 0 N–H and O–H groups in total. The second-order valence-corrected chi connectivity index (χ2v) is 9.69. The maximum atomic E-state index is 4.43. The van der Waals surface area contributed by atoms with Crippen molar-refractivity contribution < 1.29 is 0 Å². The fourth-order valence-corrected chi connectivity index (χ4v) is 4.03. The molecule has 0 saturated carbocycles. The van der Waals surface area contributed by atoms with E-state index in [1.165, 1.54) is 32.3 Å². The van der Waals surface area contributed by atoms with Gasteiger partial charge in [0.05, 0.1) is 11.4 Å². The Kier molecular flexibility index (Phi) is 5.96. The van der Waals surface area contributed by atoms with E-state index in [1.807, 2.05) is 0 Å². The van der Waals surface area contributed by atoms with E-state index >= 15 is 0 Å². The summed E-state index contributed by atoms with van der Waals surface area (Å²) in [6.45, 7) is 21.8. The summed E-state index contributed by atoms with van der Waals surface area (Å²) in [5.74, 6) is 0. The summed E-state index contributed by atoms with van der Waals surface area (Å²) in [7, 11) is 0. The third kappa shape index (κ3) is 4.63. The summed E-state index contributed by atoms with van der Waals surface area (Å²) in [6, 6.07) is 0. The summed E-state index contributed by atoms with van der Waals surface area (Å²) >= 11 is 3.24. The minimum Gasteiger partial charge on any atom is -0.197 e. The molecule has 0 radical (unpaired) electrons. The topological polar surface area (TPSA) is 25.8 Å². The molecule has 0 saturated heterocycles. The molecule has 0 aliphatic rings. The fourth-order valence-electron chi connectivity index (χ4n) is 2.23. The zero-order valence-corrected chi connectivity index (χ0v) is 17.3. The third-order valence-corrected chi connectivity index (χ3v) is 6.03. The predicted octanol–water partition coefficient (Wildman–Crippen LogP) is 6.11. The normalized spacial score (nSPS) is 12.1. The Hall–Kier alpha value is -0.740. The monoisotopic (exact) mass is 338 g/mol. The maximum absolute atomic E-state index is 4.43. The van der Waals surface area contributed by atoms with Gasteiger partial charge in [0.15, 0.2) is 0 Å². The van der Waals surface area contributed by atoms with Gasteiger partial charge in [-0.1, -0.05) is 41.5 Å². The first-order valence-electron chi connectivity index (χ1n) is 7.72. The van der Waals surface area contributed by atoms with Crippen LogP contribution in [0.1, 0.15) is 73.8 Å². The first-order chi connectivity index (χ1) is 9.85. The van der Waals surface area contributed by atoms with Crippen molar-refractivity contribution in [3.63, 3.8) is 0 Å². The molecule has 0 spiro atoms. The summed E-state index contributed by atoms with van der Waals surface area (Å²) in [4.78, 5) is 2.75. The second kappa shape index (κ2) is 6.79. The molecule has 2 nitrogen and oxygen atoms in total. The molecule has 2 rings (SSSR count). The van der Waals surface area contributed by atoms with Crippen LogP contribution in [0.25, 0.3) is 0 Å². The molecule has 0 atom stereocenters. The van der Waals surface area contributed by atoms with E-state index in [2.05, 4.69) is 78.0 Å². The Labute approximate surface area is 144 Å². The van der Waals surface area contributed by atoms with Crippen LogP contribution in [0, 0.1) is 27.7 Å². The SMILES string of the molecule is Cc1nsc(C(C)(C)C)c1C.Cc1snc(C(C)(C)C)c1C. The molecule has 4 heteroatoms. The van der Waals surface area contributed by atoms with E-state index in [9.17, 15) is 0 Å². The van der Waals surface area contributed by atoms with Gasteiger partial charge in [-0.3, -0.25) is 0 Å². The summed E-state index contributed by atoms with van der Waals surface area (Å²) in [5.41, 5.74) is 5.62. The largest absolute Gasteiger partial charge is 0.197 e. The molecule has 0 bridgehead atoms. The molecule has 0 fully saturated rings. The minimum atomic E-state index is 0.203. The molecular weight excluding hydrogens is 308 g/mol. The molecule has 0 aromatic carbocycles. The van der Waals surface area contributed by atoms with Gasteiger partial charge in [-0.2, -0.15) is 8.75 Å². The third-order valence-electron chi connectivity index (χ3n) is 3.71. The zero-order chi connectivity index (χ0) is 17.3. The van der Waals surface area contributed by atoms with Crippen LogP contribution in [-0.2, 0) is 10.8 Å². The highest BCUT2D eigenvalue weighted by molar-refractivity contribution is 7.06. The van der Waals surface area contributed by atoms with Crippen molar-refractivity contribution in [1.29, 1.82) is 0 Å². The zero-order valence-electron chi connectivity index (χ0n) is 15.7. The fraction of sp³-hybridized carbons (Fsp3) is 0.667. The predicted molar refractivity (Wildman–Crippen MR) is 101 cm³/mol. The standard InChI is InChI=1S/2C9H15NS/c1-6-7(2)11-10-8(6)9(3,4)5;1-6-7(2)10-11-8(6)9(3,4)5/h2*1-5H3. The van der Waals surface area contributed by atoms with Crippen molar-refractivity contribution in [1.82, 2.24) is 8.75 Å². The Morgan fingerprint density at radius 1 is 0.682 bits per heavy atom. The number of hydrogen-bond donors (Lipinski definition) is 0. The van der Waals surface area contributed by atoms with Crippen LogP contribution in [0.3, 0.4) is 0 Å². The summed E-state index contributed by atoms with van der Waals surface area (Å²) in [5, 5.41) is 0. The molecule has 0 unspecified atom stereocenters. The van der Waals surface area contributed by atoms with Crippen molar-refractivity contribution in [3.05, 3.63) is 32.3 Å². The lowest BCUT2D eigenvalue weighted by Gasteiger charge is -2.16. The van der Waals surface area contributed by atoms with Gasteiger partial charge >= 0.3 is 0 Å². The summed E-state index contributed by atoms with van der Waals surface area (Å²) < 4.78 is 8.75. The van der Waals surface area contributed by atoms with Crippen LogP contribution >= 0.6 is 23.1 Å². The smallest absolute Gasteiger partial charge is 0.0627 e. The first kappa shape index (κ1) is 19.3. The Bertz CT molecular complexity index is 566. The molecule has 0 aliphatic carbocycles. The lowest BCUT2D eigenvalue weighted by atomic mass is 9.89. The van der Waals surface area contributed by atoms with E-state index in [-0.39, 0.29) is 10.8 Å². The van der Waals surface area contributed by atoms with Gasteiger partial charge in [-0.25, -0.2) is 0 Å². The van der Waals surface area contributed by atoms with Crippen molar-refractivity contribution in [2.75, 3.05) is 0 Å². The average molecular weight is 339 g/mol. The highest BCUT2D eigenvalue weighted by Crippen LogP contribution is 2.30. The molecule has 0 aliphatic heterocycles. The quantitative estimate of drug-likeness (QED) is 0.578. The first-order valence-corrected chi connectivity index (χ1v) is 9.27. The van der Waals surface area contributed by atoms with Gasteiger partial charge in [-0.05, 0) is 67.3 Å². The number of aryl methyl sites for hydroxylation is 2. The Morgan fingerprint density at radius 2 is 1.23 bits per heavy atom. The molecule has 2 aromatic rings. The van der Waals surface area contributed by atoms with Gasteiger partial charge in [-0.15, -0.1) is 0 Å². The molecule has 2 heterocycles. The van der Waals surface area contributed by atoms with Crippen molar-refractivity contribution in [3.8, 4) is 0 Å². The van der Waals surface area contributed by atoms with Crippen molar-refractivity contribution >= 4 is 23.1 Å². The van der Waals surface area contributed by atoms with Gasteiger partial charge < -0.3 is 0 Å². The van der Waals surface area contributed by atoms with E-state index in [4.69, 9.17) is 0 Å². The Morgan fingerprint density at radius 3 is 1.41 bits per heavy atom. The molecule has 2 aromatic heterocycles. The summed E-state index contributed by atoms with van der Waals surface area (Å²) in [6.07, 6.45) is 0. The minimum absolute atomic E-state index is 0.203. The van der Waals surface area contributed by atoms with Crippen LogP contribution in [0.5, 0.6) is 0 Å². The van der Waals surface area contributed by atoms with Gasteiger partial charge in [0.25, 0.3) is 0 Å². The molecule has 22 heavy (non-hydrogen) atoms. The van der Waals surface area contributed by atoms with Gasteiger partial charge in [0.1, 0.15) is 0 Å². The van der Waals surface area contributed by atoms with Crippen molar-refractivity contribution in [2.45, 2.75) is 80.1 Å². The van der Waals surface area contributed by atoms with Gasteiger partial charge in [0.2, 0.25) is 0 Å². The van der Waals surface area contributed by atoms with E-state index in [1.54, 1.807) is 23.1 Å². The van der Waals surface area contributed by atoms with Crippen molar-refractivity contribution in [2.24, 2.45) is 0 Å². The van der Waals surface area contributed by atoms with E-state index in [0.29, 0.717) is 0 Å². The lowest BCUT2D eigenvalue weighted by molar-refractivity contribution is 0.571. The Balaban J connectivity index is 0.000000220. The second-order valence-electron chi connectivity index (χ2n) is 7.93. The number of aromatic nitrogens is 2. The average Bonchev–Trinajstić information content (AvgIpc) is 2.84. The lowest BCUT2D eigenvalue weighted by Crippen LogP contribution is -2.12. The van der Waals surface area contributed by atoms with E-state index < -0.39 is 0 Å². The highest BCUT2D eigenvalue weighted by atomic mass is 32.1. The van der Waals surface area contributed by atoms with E-state index in [0.717, 1.165) is 0 Å². The number of hydrogen-bond acceptors (Lipinski definition) is 4. The molecular formula is C18H30N2S2. The maximum Gasteiger partial charge on any atom is 0.0627 e.